The maximum atomic E-state index is 11.4. The predicted octanol–water partition coefficient (Wildman–Crippen LogP) is 7.19. The van der Waals surface area contributed by atoms with Gasteiger partial charge in [-0.25, -0.2) is 0 Å². The molecule has 0 heterocycles. The third kappa shape index (κ3) is 21.1. The molecular formula is C27H46O4. The van der Waals surface area contributed by atoms with E-state index in [1.165, 1.54) is 57.4 Å². The van der Waals surface area contributed by atoms with Crippen molar-refractivity contribution in [1.82, 2.24) is 0 Å². The molecule has 1 aliphatic carbocycles. The summed E-state index contributed by atoms with van der Waals surface area (Å²) in [7, 11) is 0. The number of carbonyl (C=O) groups is 3. The Morgan fingerprint density at radius 1 is 1.00 bits per heavy atom. The van der Waals surface area contributed by atoms with E-state index in [9.17, 15) is 14.4 Å². The van der Waals surface area contributed by atoms with Crippen LogP contribution in [0.1, 0.15) is 98.8 Å². The summed E-state index contributed by atoms with van der Waals surface area (Å²) >= 11 is 0. The van der Waals surface area contributed by atoms with Gasteiger partial charge in [0.15, 0.2) is 5.78 Å². The summed E-state index contributed by atoms with van der Waals surface area (Å²) in [6, 6.07) is 0. The molecule has 4 heteroatoms. The Balaban J connectivity index is 0. The number of allylic oxidation sites excluding steroid dienone is 6. The van der Waals surface area contributed by atoms with Crippen LogP contribution in [-0.2, 0) is 19.1 Å². The Morgan fingerprint density at radius 2 is 1.68 bits per heavy atom. The van der Waals surface area contributed by atoms with Gasteiger partial charge in [-0.05, 0) is 57.6 Å². The number of ether oxygens (including phenoxy) is 1. The molecule has 0 saturated heterocycles. The Kier molecular flexibility index (Phi) is 24.5. The van der Waals surface area contributed by atoms with E-state index in [1.807, 2.05) is 33.8 Å². The van der Waals surface area contributed by atoms with E-state index in [1.54, 1.807) is 18.2 Å². The highest BCUT2D eigenvalue weighted by atomic mass is 16.5. The van der Waals surface area contributed by atoms with Gasteiger partial charge in [0, 0.05) is 6.42 Å². The zero-order chi connectivity index (χ0) is 23.7. The molecule has 1 unspecified atom stereocenters. The minimum absolute atomic E-state index is 0.00519. The highest BCUT2D eigenvalue weighted by molar-refractivity contribution is 5.89. The van der Waals surface area contributed by atoms with Crippen molar-refractivity contribution in [3.63, 3.8) is 0 Å². The van der Waals surface area contributed by atoms with Crippen LogP contribution in [0.3, 0.4) is 0 Å². The lowest BCUT2D eigenvalue weighted by molar-refractivity contribution is -0.149. The van der Waals surface area contributed by atoms with Gasteiger partial charge in [0.2, 0.25) is 0 Å². The lowest BCUT2D eigenvalue weighted by Crippen LogP contribution is -2.24. The van der Waals surface area contributed by atoms with E-state index < -0.39 is 0 Å². The van der Waals surface area contributed by atoms with Crippen molar-refractivity contribution in [3.05, 3.63) is 36.5 Å². The zero-order valence-electron chi connectivity index (χ0n) is 20.6. The molecule has 4 nitrogen and oxygen atoms in total. The number of hydrogen-bond donors (Lipinski definition) is 0. The van der Waals surface area contributed by atoms with Crippen molar-refractivity contribution in [1.29, 1.82) is 0 Å². The molecule has 0 aromatic rings. The van der Waals surface area contributed by atoms with Crippen LogP contribution in [0.25, 0.3) is 0 Å². The van der Waals surface area contributed by atoms with Crippen LogP contribution in [0.4, 0.5) is 0 Å². The number of rotatable bonds is 11. The molecule has 0 radical (unpaired) electrons. The average Bonchev–Trinajstić information content (AvgIpc) is 2.80. The van der Waals surface area contributed by atoms with Gasteiger partial charge in [0.25, 0.3) is 0 Å². The second-order valence-corrected chi connectivity index (χ2v) is 7.70. The largest absolute Gasteiger partial charge is 0.466 e. The quantitative estimate of drug-likeness (QED) is 0.113. The van der Waals surface area contributed by atoms with Gasteiger partial charge in [0.1, 0.15) is 6.29 Å². The smallest absolute Gasteiger partial charge is 0.308 e. The molecule has 0 spiro atoms. The van der Waals surface area contributed by atoms with Gasteiger partial charge in [-0.2, -0.15) is 0 Å². The molecular weight excluding hydrogens is 388 g/mol. The molecule has 0 aliphatic heterocycles. The van der Waals surface area contributed by atoms with Crippen LogP contribution in [-0.4, -0.2) is 24.6 Å². The molecule has 0 aromatic heterocycles. The van der Waals surface area contributed by atoms with E-state index in [0.29, 0.717) is 18.9 Å². The van der Waals surface area contributed by atoms with Gasteiger partial charge >= 0.3 is 5.97 Å². The number of carbonyl (C=O) groups excluding carboxylic acids is 3. The first-order valence-electron chi connectivity index (χ1n) is 12.1. The molecule has 178 valence electrons. The summed E-state index contributed by atoms with van der Waals surface area (Å²) in [6.45, 7) is 10.3. The second-order valence-electron chi connectivity index (χ2n) is 7.70. The van der Waals surface area contributed by atoms with Gasteiger partial charge in [-0.3, -0.25) is 14.4 Å². The van der Waals surface area contributed by atoms with Crippen LogP contribution < -0.4 is 0 Å². The van der Waals surface area contributed by atoms with Gasteiger partial charge in [0.05, 0.1) is 12.5 Å². The van der Waals surface area contributed by atoms with E-state index in [2.05, 4.69) is 13.0 Å². The number of esters is 1. The fraction of sp³-hybridized carbons (Fsp3) is 0.667. The van der Waals surface area contributed by atoms with Crippen LogP contribution in [0, 0.1) is 11.8 Å². The molecule has 0 amide bonds. The van der Waals surface area contributed by atoms with Crippen molar-refractivity contribution >= 4 is 18.0 Å². The normalized spacial score (nSPS) is 15.1. The van der Waals surface area contributed by atoms with Crippen molar-refractivity contribution < 1.29 is 19.1 Å². The van der Waals surface area contributed by atoms with E-state index in [-0.39, 0.29) is 17.7 Å². The van der Waals surface area contributed by atoms with Gasteiger partial charge in [-0.1, -0.05) is 77.2 Å². The van der Waals surface area contributed by atoms with Crippen LogP contribution in [0.5, 0.6) is 0 Å². The molecule has 31 heavy (non-hydrogen) atoms. The third-order valence-corrected chi connectivity index (χ3v) is 5.13. The van der Waals surface area contributed by atoms with Crippen LogP contribution >= 0.6 is 0 Å². The van der Waals surface area contributed by atoms with Crippen molar-refractivity contribution in [2.24, 2.45) is 11.8 Å². The zero-order valence-corrected chi connectivity index (χ0v) is 20.6. The minimum Gasteiger partial charge on any atom is -0.466 e. The standard InChI is InChI=1S/C11H20O2.C10H16O.C6H10O/c1-3-13-11(12)9(2)10-7-5-4-6-8-10;1-2-3-4-5-6-7-8-9-10-11;1-3-5-6(7)4-2/h9-10H,3-8H2,1-2H3;6-10H,2-5H2,1H3;3,5H,4H2,1-2H3/b;7-6+,9-8+;. The fourth-order valence-corrected chi connectivity index (χ4v) is 3.20. The van der Waals surface area contributed by atoms with Crippen molar-refractivity contribution in [3.8, 4) is 0 Å². The van der Waals surface area contributed by atoms with Crippen molar-refractivity contribution in [2.75, 3.05) is 6.61 Å². The van der Waals surface area contributed by atoms with Crippen LogP contribution in [0.2, 0.25) is 0 Å². The summed E-state index contributed by atoms with van der Waals surface area (Å²) in [5, 5.41) is 0. The molecule has 1 rings (SSSR count). The number of unbranched alkanes of at least 4 members (excludes halogenated alkanes) is 3. The highest BCUT2D eigenvalue weighted by Gasteiger charge is 2.26. The first-order chi connectivity index (χ1) is 15.0. The average molecular weight is 435 g/mol. The first-order valence-corrected chi connectivity index (χ1v) is 12.1. The van der Waals surface area contributed by atoms with E-state index in [4.69, 9.17) is 4.74 Å². The number of ketones is 1. The van der Waals surface area contributed by atoms with E-state index in [0.717, 1.165) is 12.7 Å². The monoisotopic (exact) mass is 434 g/mol. The Hall–Kier alpha value is -1.97. The minimum atomic E-state index is -0.00519. The number of hydrogen-bond acceptors (Lipinski definition) is 4. The maximum Gasteiger partial charge on any atom is 0.308 e. The summed E-state index contributed by atoms with van der Waals surface area (Å²) in [6.07, 6.45) is 23.3. The third-order valence-electron chi connectivity index (χ3n) is 5.13. The van der Waals surface area contributed by atoms with Gasteiger partial charge in [-0.15, -0.1) is 0 Å². The first kappa shape index (κ1) is 31.2. The molecule has 0 aromatic carbocycles. The summed E-state index contributed by atoms with van der Waals surface area (Å²) in [4.78, 5) is 31.6. The Labute approximate surface area is 191 Å². The summed E-state index contributed by atoms with van der Waals surface area (Å²) < 4.78 is 5.02. The molecule has 1 atom stereocenters. The lowest BCUT2D eigenvalue weighted by Gasteiger charge is -2.25. The highest BCUT2D eigenvalue weighted by Crippen LogP contribution is 2.30. The maximum absolute atomic E-state index is 11.4. The topological polar surface area (TPSA) is 60.4 Å². The lowest BCUT2D eigenvalue weighted by atomic mass is 9.81. The fourth-order valence-electron chi connectivity index (χ4n) is 3.20. The second kappa shape index (κ2) is 24.3. The Bertz CT molecular complexity index is 525. The van der Waals surface area contributed by atoms with Gasteiger partial charge < -0.3 is 4.74 Å². The van der Waals surface area contributed by atoms with E-state index >= 15 is 0 Å². The number of aldehydes is 1. The van der Waals surface area contributed by atoms with Crippen molar-refractivity contribution in [2.45, 2.75) is 98.8 Å². The molecule has 1 aliphatic rings. The summed E-state index contributed by atoms with van der Waals surface area (Å²) in [5.74, 6) is 0.880. The Morgan fingerprint density at radius 3 is 2.16 bits per heavy atom. The predicted molar refractivity (Wildman–Crippen MR) is 131 cm³/mol. The van der Waals surface area contributed by atoms with Crippen LogP contribution in [0.15, 0.2) is 36.5 Å². The molecule has 1 saturated carbocycles. The molecule has 0 bridgehead atoms. The summed E-state index contributed by atoms with van der Waals surface area (Å²) in [5.41, 5.74) is 0. The molecule has 1 fully saturated rings. The SMILES string of the molecule is CC=CC(=O)CC.CCCCC/C=C/C=C/C=O.CCOC(=O)C(C)C1CCCCC1. The molecule has 0 N–H and O–H groups in total.